The Balaban J connectivity index is 1.69. The quantitative estimate of drug-likeness (QED) is 0.680. The average molecular weight is 294 g/mol. The minimum Gasteiger partial charge on any atom is -0.491 e. The Bertz CT molecular complexity index is 445. The smallest absolute Gasteiger partial charge is 0.411 e. The third-order valence-electron chi connectivity index (χ3n) is 3.04. The SMILES string of the molecule is CCOC(=O)Nc1ccc(OCC(O)CNC2CC2)cc1. The molecule has 0 saturated heterocycles. The zero-order valence-electron chi connectivity index (χ0n) is 12.2. The van der Waals surface area contributed by atoms with Crippen LogP contribution < -0.4 is 15.4 Å². The van der Waals surface area contributed by atoms with Crippen molar-refractivity contribution < 1.29 is 19.4 Å². The molecule has 21 heavy (non-hydrogen) atoms. The lowest BCUT2D eigenvalue weighted by molar-refractivity contribution is 0.106. The predicted octanol–water partition coefficient (Wildman–Crippen LogP) is 1.75. The first-order valence-electron chi connectivity index (χ1n) is 7.25. The van der Waals surface area contributed by atoms with Gasteiger partial charge in [-0.15, -0.1) is 0 Å². The molecule has 0 bridgehead atoms. The van der Waals surface area contributed by atoms with Crippen LogP contribution in [0, 0.1) is 0 Å². The molecule has 0 aromatic heterocycles. The molecule has 1 aliphatic carbocycles. The highest BCUT2D eigenvalue weighted by Crippen LogP contribution is 2.18. The summed E-state index contributed by atoms with van der Waals surface area (Å²) in [7, 11) is 0. The van der Waals surface area contributed by atoms with E-state index in [1.54, 1.807) is 31.2 Å². The minimum atomic E-state index is -0.525. The molecular weight excluding hydrogens is 272 g/mol. The van der Waals surface area contributed by atoms with Gasteiger partial charge in [0.25, 0.3) is 0 Å². The van der Waals surface area contributed by atoms with Crippen LogP contribution in [-0.2, 0) is 4.74 Å². The van der Waals surface area contributed by atoms with Crippen molar-refractivity contribution in [2.24, 2.45) is 0 Å². The van der Waals surface area contributed by atoms with E-state index in [1.807, 2.05) is 0 Å². The fourth-order valence-electron chi connectivity index (χ4n) is 1.76. The summed E-state index contributed by atoms with van der Waals surface area (Å²) >= 11 is 0. The van der Waals surface area contributed by atoms with E-state index in [0.29, 0.717) is 30.6 Å². The number of nitrogens with one attached hydrogen (secondary N) is 2. The van der Waals surface area contributed by atoms with Gasteiger partial charge in [0.1, 0.15) is 18.5 Å². The molecular formula is C15H22N2O4. The van der Waals surface area contributed by atoms with Crippen LogP contribution in [0.3, 0.4) is 0 Å². The lowest BCUT2D eigenvalue weighted by Crippen LogP contribution is -2.32. The highest BCUT2D eigenvalue weighted by atomic mass is 16.5. The van der Waals surface area contributed by atoms with E-state index in [9.17, 15) is 9.90 Å². The lowest BCUT2D eigenvalue weighted by Gasteiger charge is -2.13. The topological polar surface area (TPSA) is 79.8 Å². The van der Waals surface area contributed by atoms with E-state index in [-0.39, 0.29) is 6.61 Å². The number of hydrogen-bond donors (Lipinski definition) is 3. The van der Waals surface area contributed by atoms with Crippen LogP contribution in [0.1, 0.15) is 19.8 Å². The molecule has 0 radical (unpaired) electrons. The molecule has 1 fully saturated rings. The highest BCUT2D eigenvalue weighted by Gasteiger charge is 2.21. The van der Waals surface area contributed by atoms with Crippen LogP contribution in [0.15, 0.2) is 24.3 Å². The molecule has 1 aromatic carbocycles. The van der Waals surface area contributed by atoms with Crippen LogP contribution in [0.2, 0.25) is 0 Å². The zero-order chi connectivity index (χ0) is 15.1. The first kappa shape index (κ1) is 15.6. The molecule has 6 heteroatoms. The Hall–Kier alpha value is -1.79. The van der Waals surface area contributed by atoms with Crippen LogP contribution in [0.4, 0.5) is 10.5 Å². The number of rotatable bonds is 8. The molecule has 1 aliphatic rings. The summed E-state index contributed by atoms with van der Waals surface area (Å²) in [6, 6.07) is 7.50. The molecule has 0 heterocycles. The number of aliphatic hydroxyl groups excluding tert-OH is 1. The van der Waals surface area contributed by atoms with E-state index in [2.05, 4.69) is 10.6 Å². The van der Waals surface area contributed by atoms with E-state index < -0.39 is 12.2 Å². The van der Waals surface area contributed by atoms with Gasteiger partial charge in [-0.1, -0.05) is 0 Å². The van der Waals surface area contributed by atoms with Gasteiger partial charge in [-0.2, -0.15) is 0 Å². The van der Waals surface area contributed by atoms with Crippen molar-refractivity contribution >= 4 is 11.8 Å². The second-order valence-corrected chi connectivity index (χ2v) is 5.02. The Labute approximate surface area is 124 Å². The number of carbonyl (C=O) groups is 1. The monoisotopic (exact) mass is 294 g/mol. The number of anilines is 1. The third-order valence-corrected chi connectivity index (χ3v) is 3.04. The summed E-state index contributed by atoms with van der Waals surface area (Å²) in [6.07, 6.45) is 1.39. The van der Waals surface area contributed by atoms with Crippen molar-refractivity contribution in [3.05, 3.63) is 24.3 Å². The molecule has 1 atom stereocenters. The molecule has 6 nitrogen and oxygen atoms in total. The molecule has 3 N–H and O–H groups in total. The molecule has 2 rings (SSSR count). The van der Waals surface area contributed by atoms with Gasteiger partial charge in [0.15, 0.2) is 0 Å². The fourth-order valence-corrected chi connectivity index (χ4v) is 1.76. The largest absolute Gasteiger partial charge is 0.491 e. The van der Waals surface area contributed by atoms with Crippen molar-refractivity contribution in [1.82, 2.24) is 5.32 Å². The molecule has 1 saturated carbocycles. The van der Waals surface area contributed by atoms with E-state index in [4.69, 9.17) is 9.47 Å². The van der Waals surface area contributed by atoms with Crippen molar-refractivity contribution in [1.29, 1.82) is 0 Å². The van der Waals surface area contributed by atoms with Crippen molar-refractivity contribution in [2.75, 3.05) is 25.1 Å². The summed E-state index contributed by atoms with van der Waals surface area (Å²) in [6.45, 7) is 2.87. The van der Waals surface area contributed by atoms with Crippen molar-refractivity contribution in [3.8, 4) is 5.75 Å². The molecule has 116 valence electrons. The number of carbonyl (C=O) groups excluding carboxylic acids is 1. The van der Waals surface area contributed by atoms with Gasteiger partial charge in [-0.25, -0.2) is 4.79 Å². The standard InChI is InChI=1S/C15H22N2O4/c1-2-20-15(19)17-12-5-7-14(8-6-12)21-10-13(18)9-16-11-3-4-11/h5-8,11,13,16,18H,2-4,9-10H2,1H3,(H,17,19). The first-order chi connectivity index (χ1) is 10.2. The second kappa shape index (κ2) is 7.85. The van der Waals surface area contributed by atoms with Gasteiger partial charge in [0.05, 0.1) is 6.61 Å². The molecule has 0 aliphatic heterocycles. The number of ether oxygens (including phenoxy) is 2. The molecule has 1 aromatic rings. The van der Waals surface area contributed by atoms with Crippen molar-refractivity contribution in [3.63, 3.8) is 0 Å². The first-order valence-corrected chi connectivity index (χ1v) is 7.25. The minimum absolute atomic E-state index is 0.240. The van der Waals surface area contributed by atoms with Gasteiger partial charge in [0, 0.05) is 18.3 Å². The van der Waals surface area contributed by atoms with Gasteiger partial charge in [0.2, 0.25) is 0 Å². The van der Waals surface area contributed by atoms with Crippen LogP contribution >= 0.6 is 0 Å². The molecule has 1 unspecified atom stereocenters. The van der Waals surface area contributed by atoms with Crippen LogP contribution in [0.25, 0.3) is 0 Å². The van der Waals surface area contributed by atoms with E-state index in [1.165, 1.54) is 12.8 Å². The lowest BCUT2D eigenvalue weighted by atomic mass is 10.3. The summed E-state index contributed by atoms with van der Waals surface area (Å²) in [5.74, 6) is 0.648. The van der Waals surface area contributed by atoms with Gasteiger partial charge in [-0.3, -0.25) is 5.32 Å². The van der Waals surface area contributed by atoms with E-state index in [0.717, 1.165) is 0 Å². The Morgan fingerprint density at radius 2 is 2.10 bits per heavy atom. The summed E-state index contributed by atoms with van der Waals surface area (Å²) in [4.78, 5) is 11.2. The number of aliphatic hydroxyl groups is 1. The summed E-state index contributed by atoms with van der Waals surface area (Å²) < 4.78 is 10.3. The Morgan fingerprint density at radius 1 is 1.38 bits per heavy atom. The second-order valence-electron chi connectivity index (χ2n) is 5.02. The average Bonchev–Trinajstić information content (AvgIpc) is 3.29. The number of hydrogen-bond acceptors (Lipinski definition) is 5. The molecule has 1 amide bonds. The Kier molecular flexibility index (Phi) is 5.83. The highest BCUT2D eigenvalue weighted by molar-refractivity contribution is 5.84. The Morgan fingerprint density at radius 3 is 2.71 bits per heavy atom. The number of amides is 1. The summed E-state index contributed by atoms with van der Waals surface area (Å²) in [5.41, 5.74) is 0.636. The van der Waals surface area contributed by atoms with Gasteiger partial charge < -0.3 is 19.9 Å². The summed E-state index contributed by atoms with van der Waals surface area (Å²) in [5, 5.41) is 15.6. The van der Waals surface area contributed by atoms with Crippen molar-refractivity contribution in [2.45, 2.75) is 31.9 Å². The normalized spacial score (nSPS) is 15.3. The molecule has 0 spiro atoms. The maximum absolute atomic E-state index is 11.2. The predicted molar refractivity (Wildman–Crippen MR) is 79.6 cm³/mol. The van der Waals surface area contributed by atoms with Crippen LogP contribution in [-0.4, -0.2) is 43.1 Å². The third kappa shape index (κ3) is 6.01. The zero-order valence-corrected chi connectivity index (χ0v) is 12.2. The van der Waals surface area contributed by atoms with Crippen LogP contribution in [0.5, 0.6) is 5.75 Å². The fraction of sp³-hybridized carbons (Fsp3) is 0.533. The maximum atomic E-state index is 11.2. The number of benzene rings is 1. The van der Waals surface area contributed by atoms with Gasteiger partial charge >= 0.3 is 6.09 Å². The maximum Gasteiger partial charge on any atom is 0.411 e. The van der Waals surface area contributed by atoms with Gasteiger partial charge in [-0.05, 0) is 44.0 Å². The van der Waals surface area contributed by atoms with E-state index >= 15 is 0 Å².